The average molecular weight is 1120 g/mol. The molecule has 0 radical (unpaired) electrons. The molecule has 0 saturated carbocycles. The first-order valence-corrected chi connectivity index (χ1v) is 27.9. The van der Waals surface area contributed by atoms with E-state index in [1.54, 1.807) is 26.9 Å². The van der Waals surface area contributed by atoms with Crippen LogP contribution in [0.3, 0.4) is 0 Å². The molecule has 22 heteroatoms. The SMILES string of the molecule is Cc1ccc(NC(=O)N2CCO[C@@H](C)C2)cc1-c1cc(-c2ccnn2C)nc(N2CCOCC2)c1.Cc1ccc(NC(=O)N2CCO[C@@H](C)C2)cc1B1OC(C)(C)C(C)(C)O1.Cn1nccc1-c1cc(Cl)cc(N2CCOCC2)n1. The summed E-state index contributed by atoms with van der Waals surface area (Å²) in [4.78, 5) is 43.1. The van der Waals surface area contributed by atoms with Gasteiger partial charge in [-0.05, 0) is 138 Å². The van der Waals surface area contributed by atoms with Gasteiger partial charge < -0.3 is 58.5 Å². The number of pyridine rings is 2. The number of urea groups is 2. The molecule has 426 valence electrons. The lowest BCUT2D eigenvalue weighted by molar-refractivity contribution is -0.00141. The van der Waals surface area contributed by atoms with E-state index in [-0.39, 0.29) is 24.3 Å². The quantitative estimate of drug-likeness (QED) is 0.139. The van der Waals surface area contributed by atoms with Crippen molar-refractivity contribution in [2.24, 2.45) is 14.1 Å². The first-order chi connectivity index (χ1) is 38.3. The molecule has 4 amide bonds. The van der Waals surface area contributed by atoms with Gasteiger partial charge in [0.2, 0.25) is 0 Å². The number of nitrogens with zero attached hydrogens (tertiary/aromatic N) is 10. The van der Waals surface area contributed by atoms with Crippen LogP contribution in [0.4, 0.5) is 32.6 Å². The van der Waals surface area contributed by atoms with E-state index < -0.39 is 18.3 Å². The summed E-state index contributed by atoms with van der Waals surface area (Å²) < 4.78 is 37.9. The van der Waals surface area contributed by atoms with Crippen LogP contribution >= 0.6 is 11.6 Å². The summed E-state index contributed by atoms with van der Waals surface area (Å²) in [5, 5.41) is 15.2. The van der Waals surface area contributed by atoms with E-state index >= 15 is 0 Å². The number of carbonyl (C=O) groups excluding carboxylic acids is 2. The van der Waals surface area contributed by atoms with Crippen LogP contribution in [0.5, 0.6) is 0 Å². The predicted molar refractivity (Wildman–Crippen MR) is 313 cm³/mol. The number of ether oxygens (including phenoxy) is 4. The maximum atomic E-state index is 12.9. The number of rotatable bonds is 8. The Morgan fingerprint density at radius 2 is 1.07 bits per heavy atom. The minimum atomic E-state index is -0.444. The third kappa shape index (κ3) is 14.1. The Morgan fingerprint density at radius 1 is 0.600 bits per heavy atom. The Bertz CT molecular complexity index is 3090. The number of benzene rings is 2. The van der Waals surface area contributed by atoms with E-state index in [4.69, 9.17) is 44.8 Å². The molecule has 2 N–H and O–H groups in total. The van der Waals surface area contributed by atoms with Crippen molar-refractivity contribution < 1.29 is 37.8 Å². The maximum absolute atomic E-state index is 12.9. The highest BCUT2D eigenvalue weighted by atomic mass is 35.5. The zero-order chi connectivity index (χ0) is 56.7. The number of hydrogen-bond donors (Lipinski definition) is 2. The number of hydrogen-bond acceptors (Lipinski definition) is 14. The molecular weight excluding hydrogens is 1040 g/mol. The van der Waals surface area contributed by atoms with Crippen LogP contribution in [-0.4, -0.2) is 174 Å². The van der Waals surface area contributed by atoms with Crippen molar-refractivity contribution in [3.8, 4) is 33.9 Å². The largest absolute Gasteiger partial charge is 0.495 e. The summed E-state index contributed by atoms with van der Waals surface area (Å²) in [5.74, 6) is 1.81. The van der Waals surface area contributed by atoms with E-state index in [9.17, 15) is 9.59 Å². The Morgan fingerprint density at radius 3 is 1.56 bits per heavy atom. The van der Waals surface area contributed by atoms with Crippen molar-refractivity contribution in [3.05, 3.63) is 101 Å². The molecule has 0 unspecified atom stereocenters. The molecule has 2 atom stereocenters. The van der Waals surface area contributed by atoms with E-state index in [2.05, 4.69) is 54.7 Å². The summed E-state index contributed by atoms with van der Waals surface area (Å²) in [6.07, 6.45) is 3.65. The van der Waals surface area contributed by atoms with E-state index in [1.807, 2.05) is 128 Å². The Labute approximate surface area is 475 Å². The molecule has 5 aliphatic rings. The Balaban J connectivity index is 0.000000152. The standard InChI is InChI=1S/C26H32N6O3.C19H29BN2O4.C13H15ClN4O/c1-18-4-5-21(28-26(33)32-10-13-35-19(2)17-32)16-22(18)20-14-23(24-6-7-27-30(24)3)29-25(15-20)31-8-11-34-12-9-31;1-13-7-8-15(21-17(23)22-9-10-24-14(2)12-22)11-16(13)20-25-18(3,4)19(5,6)26-20;1-17-12(2-3-15-17)11-8-10(14)9-13(16-11)18-4-6-19-7-5-18/h4-7,14-16,19H,8-13,17H2,1-3H3,(H,28,33);7-8,11,14H,9-10,12H2,1-6H3,(H,21,23);2-3,8-9H,4-7H2,1H3/t19-;14-;/m00./s1. The number of amides is 4. The number of aromatic nitrogens is 6. The second-order valence-electron chi connectivity index (χ2n) is 21.8. The molecule has 20 nitrogen and oxygen atoms in total. The van der Waals surface area contributed by atoms with Gasteiger partial charge >= 0.3 is 19.2 Å². The topological polar surface area (TPSA) is 188 Å². The average Bonchev–Trinajstić information content (AvgIpc) is 4.18. The summed E-state index contributed by atoms with van der Waals surface area (Å²) >= 11 is 6.21. The van der Waals surface area contributed by atoms with Crippen molar-refractivity contribution in [2.45, 2.75) is 78.8 Å². The molecule has 2 aromatic carbocycles. The van der Waals surface area contributed by atoms with Gasteiger partial charge in [0, 0.05) is 95.2 Å². The molecule has 0 bridgehead atoms. The normalized spacial score (nSPS) is 19.9. The van der Waals surface area contributed by atoms with Gasteiger partial charge in [0.15, 0.2) is 0 Å². The minimum absolute atomic E-state index is 0.0453. The van der Waals surface area contributed by atoms with Crippen LogP contribution in [0.1, 0.15) is 52.7 Å². The fraction of sp³-hybridized carbons (Fsp3) is 0.483. The van der Waals surface area contributed by atoms with Crippen molar-refractivity contribution >= 4 is 59.3 Å². The van der Waals surface area contributed by atoms with Crippen LogP contribution in [0, 0.1) is 13.8 Å². The zero-order valence-corrected chi connectivity index (χ0v) is 48.6. The van der Waals surface area contributed by atoms with Gasteiger partial charge in [-0.2, -0.15) is 10.2 Å². The highest BCUT2D eigenvalue weighted by Crippen LogP contribution is 2.37. The van der Waals surface area contributed by atoms with Crippen LogP contribution in [-0.2, 0) is 42.4 Å². The van der Waals surface area contributed by atoms with Crippen LogP contribution in [0.15, 0.2) is 85.2 Å². The fourth-order valence-corrected chi connectivity index (χ4v) is 10.1. The summed E-state index contributed by atoms with van der Waals surface area (Å²) in [5.41, 5.74) is 9.56. The number of anilines is 4. The van der Waals surface area contributed by atoms with Crippen LogP contribution < -0.4 is 25.9 Å². The second-order valence-corrected chi connectivity index (χ2v) is 22.2. The van der Waals surface area contributed by atoms with Gasteiger partial charge in [0.1, 0.15) is 11.6 Å². The summed E-state index contributed by atoms with van der Waals surface area (Å²) in [7, 11) is 3.37. The van der Waals surface area contributed by atoms with Gasteiger partial charge in [0.05, 0.1) is 85.8 Å². The van der Waals surface area contributed by atoms with Crippen molar-refractivity contribution in [1.82, 2.24) is 39.3 Å². The molecule has 80 heavy (non-hydrogen) atoms. The highest BCUT2D eigenvalue weighted by Gasteiger charge is 2.52. The van der Waals surface area contributed by atoms with Crippen molar-refractivity contribution in [2.75, 3.05) is 112 Å². The van der Waals surface area contributed by atoms with Crippen molar-refractivity contribution in [1.29, 1.82) is 0 Å². The minimum Gasteiger partial charge on any atom is -0.399 e. The van der Waals surface area contributed by atoms with E-state index in [1.165, 1.54) is 0 Å². The molecule has 9 heterocycles. The van der Waals surface area contributed by atoms with Crippen LogP contribution in [0.25, 0.3) is 33.9 Å². The lowest BCUT2D eigenvalue weighted by atomic mass is 9.76. The Kier molecular flexibility index (Phi) is 18.5. The predicted octanol–water partition coefficient (Wildman–Crippen LogP) is 8.07. The number of morpholine rings is 4. The summed E-state index contributed by atoms with van der Waals surface area (Å²) in [6, 6.07) is 23.6. The Hall–Kier alpha value is -6.59. The lowest BCUT2D eigenvalue weighted by Crippen LogP contribution is -2.46. The number of halogens is 1. The number of carbonyl (C=O) groups is 2. The number of nitrogens with one attached hydrogen (secondary N) is 2. The van der Waals surface area contributed by atoms with Gasteiger partial charge in [-0.1, -0.05) is 29.3 Å². The molecule has 5 aliphatic heterocycles. The second kappa shape index (κ2) is 25.5. The molecule has 0 aliphatic carbocycles. The first-order valence-electron chi connectivity index (χ1n) is 27.5. The van der Waals surface area contributed by atoms with E-state index in [0.717, 1.165) is 113 Å². The molecule has 6 aromatic rings. The first kappa shape index (κ1) is 58.1. The third-order valence-corrected chi connectivity index (χ3v) is 15.5. The van der Waals surface area contributed by atoms with Gasteiger partial charge in [0.25, 0.3) is 0 Å². The highest BCUT2D eigenvalue weighted by molar-refractivity contribution is 6.62. The third-order valence-electron chi connectivity index (χ3n) is 15.3. The van der Waals surface area contributed by atoms with Gasteiger partial charge in [-0.25, -0.2) is 19.6 Å². The molecule has 0 spiro atoms. The molecule has 4 aromatic heterocycles. The molecule has 5 fully saturated rings. The summed E-state index contributed by atoms with van der Waals surface area (Å²) in [6.45, 7) is 25.9. The van der Waals surface area contributed by atoms with Gasteiger partial charge in [-0.15, -0.1) is 0 Å². The molecular formula is C58H76BClN12O8. The van der Waals surface area contributed by atoms with Crippen molar-refractivity contribution in [3.63, 3.8) is 0 Å². The maximum Gasteiger partial charge on any atom is 0.495 e. The lowest BCUT2D eigenvalue weighted by Gasteiger charge is -2.32. The fourth-order valence-electron chi connectivity index (χ4n) is 9.94. The zero-order valence-electron chi connectivity index (χ0n) is 47.8. The number of aryl methyl sites for hydroxylation is 4. The van der Waals surface area contributed by atoms with Gasteiger partial charge in [-0.3, -0.25) is 9.36 Å². The van der Waals surface area contributed by atoms with Crippen LogP contribution in [0.2, 0.25) is 5.02 Å². The van der Waals surface area contributed by atoms with E-state index in [0.29, 0.717) is 57.6 Å². The molecule has 5 saturated heterocycles. The monoisotopic (exact) mass is 1110 g/mol. The smallest absolute Gasteiger partial charge is 0.399 e. The molecule has 11 rings (SSSR count).